The van der Waals surface area contributed by atoms with Crippen LogP contribution in [0.2, 0.25) is 0 Å². The average Bonchev–Trinajstić information content (AvgIpc) is 3.54. The van der Waals surface area contributed by atoms with Gasteiger partial charge in [0.15, 0.2) is 11.7 Å². The van der Waals surface area contributed by atoms with Gasteiger partial charge < -0.3 is 9.57 Å². The lowest BCUT2D eigenvalue weighted by Crippen LogP contribution is -2.21. The van der Waals surface area contributed by atoms with Crippen molar-refractivity contribution in [3.63, 3.8) is 0 Å². The standard InChI is InChI=1S/C21H23N5O3S2/c1-14-19(24-26-31-14)20(15-7-3-2-4-8-15)25-29-11-16-13-30-21(22-16)23-18(27)12-28-17-9-5-6-10-17/h2-4,7-8,13,17H,5-6,9-12H2,1H3,(H,22,23,27)/b25-20+. The number of oxime groups is 1. The summed E-state index contributed by atoms with van der Waals surface area (Å²) in [6, 6.07) is 9.71. The van der Waals surface area contributed by atoms with Crippen LogP contribution in [0.1, 0.15) is 47.5 Å². The number of nitrogens with zero attached hydrogens (tertiary/aromatic N) is 4. The van der Waals surface area contributed by atoms with Gasteiger partial charge in [0.1, 0.15) is 18.0 Å². The molecule has 1 aliphatic carbocycles. The summed E-state index contributed by atoms with van der Waals surface area (Å²) >= 11 is 2.66. The number of ether oxygens (including phenoxy) is 1. The molecule has 8 nitrogen and oxygen atoms in total. The molecule has 31 heavy (non-hydrogen) atoms. The van der Waals surface area contributed by atoms with E-state index in [4.69, 9.17) is 9.57 Å². The number of anilines is 1. The summed E-state index contributed by atoms with van der Waals surface area (Å²) in [5, 5.41) is 13.6. The zero-order chi connectivity index (χ0) is 21.5. The lowest BCUT2D eigenvalue weighted by atomic mass is 10.1. The Morgan fingerprint density at radius 3 is 2.81 bits per heavy atom. The van der Waals surface area contributed by atoms with Gasteiger partial charge in [-0.3, -0.25) is 10.1 Å². The molecule has 0 bridgehead atoms. The third-order valence-corrected chi connectivity index (χ3v) is 6.28. The van der Waals surface area contributed by atoms with Crippen LogP contribution in [0.25, 0.3) is 0 Å². The molecule has 1 amide bonds. The van der Waals surface area contributed by atoms with Crippen molar-refractivity contribution < 1.29 is 14.4 Å². The minimum absolute atomic E-state index is 0.0574. The average molecular weight is 458 g/mol. The third kappa shape index (κ3) is 5.93. The van der Waals surface area contributed by atoms with Crippen LogP contribution in [0.5, 0.6) is 0 Å². The first-order valence-electron chi connectivity index (χ1n) is 10.1. The molecule has 1 saturated carbocycles. The van der Waals surface area contributed by atoms with E-state index in [0.29, 0.717) is 22.2 Å². The van der Waals surface area contributed by atoms with Crippen molar-refractivity contribution in [2.45, 2.75) is 45.3 Å². The van der Waals surface area contributed by atoms with Crippen LogP contribution in [0.15, 0.2) is 40.9 Å². The van der Waals surface area contributed by atoms with E-state index < -0.39 is 0 Å². The van der Waals surface area contributed by atoms with E-state index in [2.05, 4.69) is 25.0 Å². The van der Waals surface area contributed by atoms with E-state index in [1.54, 1.807) is 0 Å². The van der Waals surface area contributed by atoms with E-state index in [-0.39, 0.29) is 25.2 Å². The van der Waals surface area contributed by atoms with Gasteiger partial charge in [0, 0.05) is 10.9 Å². The molecule has 0 radical (unpaired) electrons. The summed E-state index contributed by atoms with van der Waals surface area (Å²) in [7, 11) is 0. The lowest BCUT2D eigenvalue weighted by molar-refractivity contribution is -0.122. The fourth-order valence-electron chi connectivity index (χ4n) is 3.28. The maximum Gasteiger partial charge on any atom is 0.252 e. The SMILES string of the molecule is Cc1snnc1/C(=N/OCc1csc(NC(=O)COC2CCCC2)n1)c1ccccc1. The molecule has 0 aliphatic heterocycles. The largest absolute Gasteiger partial charge is 0.389 e. The normalized spacial score (nSPS) is 14.7. The van der Waals surface area contributed by atoms with Gasteiger partial charge in [-0.2, -0.15) is 0 Å². The number of carbonyl (C=O) groups is 1. The van der Waals surface area contributed by atoms with Gasteiger partial charge in [-0.15, -0.1) is 16.4 Å². The zero-order valence-corrected chi connectivity index (χ0v) is 18.7. The summed E-state index contributed by atoms with van der Waals surface area (Å²) in [4.78, 5) is 23.0. The summed E-state index contributed by atoms with van der Waals surface area (Å²) in [6.45, 7) is 2.18. The van der Waals surface area contributed by atoms with Gasteiger partial charge in [0.2, 0.25) is 0 Å². The maximum atomic E-state index is 12.1. The van der Waals surface area contributed by atoms with Crippen LogP contribution in [-0.2, 0) is 21.0 Å². The molecule has 1 aliphatic rings. The molecule has 3 aromatic rings. The van der Waals surface area contributed by atoms with Crippen molar-refractivity contribution in [3.05, 3.63) is 57.5 Å². The number of amides is 1. The third-order valence-electron chi connectivity index (χ3n) is 4.84. The molecule has 10 heteroatoms. The van der Waals surface area contributed by atoms with Gasteiger partial charge in [0.25, 0.3) is 5.91 Å². The predicted molar refractivity (Wildman–Crippen MR) is 120 cm³/mol. The topological polar surface area (TPSA) is 98.6 Å². The molecular formula is C21H23N5O3S2. The van der Waals surface area contributed by atoms with E-state index in [1.165, 1.54) is 35.7 Å². The highest BCUT2D eigenvalue weighted by Gasteiger charge is 2.17. The monoisotopic (exact) mass is 457 g/mol. The molecule has 1 fully saturated rings. The van der Waals surface area contributed by atoms with Crippen LogP contribution in [-0.4, -0.2) is 38.9 Å². The van der Waals surface area contributed by atoms with Crippen molar-refractivity contribution in [2.24, 2.45) is 5.16 Å². The molecule has 0 spiro atoms. The van der Waals surface area contributed by atoms with Crippen molar-refractivity contribution in [3.8, 4) is 0 Å². The summed E-state index contributed by atoms with van der Waals surface area (Å²) in [6.07, 6.45) is 4.63. The Morgan fingerprint density at radius 2 is 2.06 bits per heavy atom. The Labute approximate surface area is 188 Å². The molecule has 0 saturated heterocycles. The zero-order valence-electron chi connectivity index (χ0n) is 17.1. The Kier molecular flexibility index (Phi) is 7.34. The Morgan fingerprint density at radius 1 is 1.26 bits per heavy atom. The first-order valence-corrected chi connectivity index (χ1v) is 11.7. The number of nitrogens with one attached hydrogen (secondary N) is 1. The number of thiazole rings is 1. The van der Waals surface area contributed by atoms with Crippen LogP contribution in [0.4, 0.5) is 5.13 Å². The first-order chi connectivity index (χ1) is 15.2. The minimum atomic E-state index is -0.190. The molecule has 1 N–H and O–H groups in total. The molecule has 0 atom stereocenters. The molecule has 4 rings (SSSR count). The number of aryl methyl sites for hydroxylation is 1. The van der Waals surface area contributed by atoms with Crippen LogP contribution in [0.3, 0.4) is 0 Å². The van der Waals surface area contributed by atoms with Gasteiger partial charge >= 0.3 is 0 Å². The summed E-state index contributed by atoms with van der Waals surface area (Å²) in [5.41, 5.74) is 2.90. The summed E-state index contributed by atoms with van der Waals surface area (Å²) in [5.74, 6) is -0.190. The van der Waals surface area contributed by atoms with E-state index in [1.807, 2.05) is 42.6 Å². The highest BCUT2D eigenvalue weighted by molar-refractivity contribution is 7.13. The number of carbonyl (C=O) groups excluding carboxylic acids is 1. The summed E-state index contributed by atoms with van der Waals surface area (Å²) < 4.78 is 9.63. The minimum Gasteiger partial charge on any atom is -0.389 e. The second kappa shape index (κ2) is 10.6. The molecule has 162 valence electrons. The Balaban J connectivity index is 1.34. The highest BCUT2D eigenvalue weighted by Crippen LogP contribution is 2.21. The highest BCUT2D eigenvalue weighted by atomic mass is 32.1. The van der Waals surface area contributed by atoms with Crippen LogP contribution in [0, 0.1) is 6.92 Å². The van der Waals surface area contributed by atoms with Crippen molar-refractivity contribution >= 4 is 39.6 Å². The Bertz CT molecular complexity index is 1030. The molecule has 2 heterocycles. The van der Waals surface area contributed by atoms with Gasteiger partial charge in [0.05, 0.1) is 16.7 Å². The van der Waals surface area contributed by atoms with E-state index >= 15 is 0 Å². The quantitative estimate of drug-likeness (QED) is 0.382. The number of rotatable bonds is 9. The van der Waals surface area contributed by atoms with E-state index in [9.17, 15) is 4.79 Å². The van der Waals surface area contributed by atoms with Crippen molar-refractivity contribution in [1.82, 2.24) is 14.6 Å². The van der Waals surface area contributed by atoms with E-state index in [0.717, 1.165) is 23.3 Å². The second-order valence-electron chi connectivity index (χ2n) is 7.17. The van der Waals surface area contributed by atoms with Gasteiger partial charge in [-0.25, -0.2) is 4.98 Å². The number of hydrogen-bond acceptors (Lipinski definition) is 9. The van der Waals surface area contributed by atoms with Gasteiger partial charge in [-0.05, 0) is 31.3 Å². The molecule has 1 aromatic carbocycles. The van der Waals surface area contributed by atoms with Crippen LogP contribution >= 0.6 is 22.9 Å². The molecule has 2 aromatic heterocycles. The molecule has 0 unspecified atom stereocenters. The number of aromatic nitrogens is 3. The number of benzene rings is 1. The van der Waals surface area contributed by atoms with Crippen molar-refractivity contribution in [2.75, 3.05) is 11.9 Å². The van der Waals surface area contributed by atoms with Gasteiger partial charge in [-0.1, -0.05) is 52.8 Å². The predicted octanol–water partition coefficient (Wildman–Crippen LogP) is 4.17. The Hall–Kier alpha value is -2.69. The lowest BCUT2D eigenvalue weighted by Gasteiger charge is -2.09. The van der Waals surface area contributed by atoms with Crippen molar-refractivity contribution in [1.29, 1.82) is 0 Å². The fourth-order valence-corrected chi connectivity index (χ4v) is 4.46. The second-order valence-corrected chi connectivity index (χ2v) is 8.98. The van der Waals surface area contributed by atoms with Crippen LogP contribution < -0.4 is 5.32 Å². The smallest absolute Gasteiger partial charge is 0.252 e. The molecular weight excluding hydrogens is 434 g/mol. The maximum absolute atomic E-state index is 12.1. The number of hydrogen-bond donors (Lipinski definition) is 1. The fraction of sp³-hybridized carbons (Fsp3) is 0.381. The first kappa shape index (κ1) is 21.5.